The molecule has 0 aliphatic heterocycles. The van der Waals surface area contributed by atoms with E-state index in [-0.39, 0.29) is 30.0 Å². The molecule has 0 aliphatic carbocycles. The largest absolute Gasteiger partial charge is 0.466 e. The Kier molecular flexibility index (Phi) is 6.85. The van der Waals surface area contributed by atoms with Crippen LogP contribution >= 0.6 is 0 Å². The molecule has 0 fully saturated rings. The van der Waals surface area contributed by atoms with Crippen LogP contribution in [-0.4, -0.2) is 36.5 Å². The summed E-state index contributed by atoms with van der Waals surface area (Å²) < 4.78 is 17.8. The predicted octanol–water partition coefficient (Wildman–Crippen LogP) is 2.88. The fraction of sp³-hybridized carbons (Fsp3) is 0.500. The quantitative estimate of drug-likeness (QED) is 0.727. The third-order valence-corrected chi connectivity index (χ3v) is 2.86. The van der Waals surface area contributed by atoms with Crippen molar-refractivity contribution >= 4 is 11.9 Å². The van der Waals surface area contributed by atoms with Gasteiger partial charge in [-0.15, -0.1) is 0 Å². The molecule has 0 N–H and O–H groups in total. The van der Waals surface area contributed by atoms with Crippen LogP contribution < -0.4 is 0 Å². The summed E-state index contributed by atoms with van der Waals surface area (Å²) in [4.78, 5) is 25.4. The Labute approximate surface area is 124 Å². The fourth-order valence-corrected chi connectivity index (χ4v) is 1.95. The van der Waals surface area contributed by atoms with Gasteiger partial charge in [-0.2, -0.15) is 0 Å². The lowest BCUT2D eigenvalue weighted by atomic mass is 10.1. The first-order valence-electron chi connectivity index (χ1n) is 7.14. The van der Waals surface area contributed by atoms with E-state index >= 15 is 0 Å². The molecule has 0 bridgehead atoms. The minimum atomic E-state index is -0.381. The molecule has 0 aromatic heterocycles. The van der Waals surface area contributed by atoms with E-state index in [2.05, 4.69) is 0 Å². The van der Waals surface area contributed by atoms with Crippen molar-refractivity contribution in [3.63, 3.8) is 0 Å². The zero-order valence-electron chi connectivity index (χ0n) is 12.8. The summed E-state index contributed by atoms with van der Waals surface area (Å²) in [5, 5.41) is 0. The second kappa shape index (κ2) is 8.39. The summed E-state index contributed by atoms with van der Waals surface area (Å²) in [5.41, 5.74) is 0.418. The molecule has 5 heteroatoms. The Morgan fingerprint density at radius 2 is 1.86 bits per heavy atom. The van der Waals surface area contributed by atoms with Gasteiger partial charge < -0.3 is 9.64 Å². The van der Waals surface area contributed by atoms with Crippen LogP contribution in [-0.2, 0) is 9.53 Å². The molecule has 4 nitrogen and oxygen atoms in total. The van der Waals surface area contributed by atoms with Gasteiger partial charge in [0, 0.05) is 18.7 Å². The van der Waals surface area contributed by atoms with Gasteiger partial charge in [0.2, 0.25) is 0 Å². The summed E-state index contributed by atoms with van der Waals surface area (Å²) in [7, 11) is 0. The van der Waals surface area contributed by atoms with Gasteiger partial charge in [-0.25, -0.2) is 4.39 Å². The summed E-state index contributed by atoms with van der Waals surface area (Å²) in [6, 6.07) is 5.42. The molecular formula is C16H22FNO3. The van der Waals surface area contributed by atoms with Crippen LogP contribution in [0.3, 0.4) is 0 Å². The molecule has 1 rings (SSSR count). The standard InChI is InChI=1S/C16H22FNO3/c1-4-21-15(19)9-10-18(11-12(2)3)16(20)13-5-7-14(17)8-6-13/h5-8,12H,4,9-11H2,1-3H3. The van der Waals surface area contributed by atoms with Gasteiger partial charge in [0.15, 0.2) is 0 Å². The van der Waals surface area contributed by atoms with Crippen molar-refractivity contribution in [3.05, 3.63) is 35.6 Å². The van der Waals surface area contributed by atoms with E-state index < -0.39 is 0 Å². The van der Waals surface area contributed by atoms with Crippen LogP contribution in [0.25, 0.3) is 0 Å². The smallest absolute Gasteiger partial charge is 0.307 e. The van der Waals surface area contributed by atoms with Crippen LogP contribution in [0.4, 0.5) is 4.39 Å². The molecule has 0 aliphatic rings. The molecule has 1 aromatic rings. The highest BCUT2D eigenvalue weighted by molar-refractivity contribution is 5.94. The monoisotopic (exact) mass is 295 g/mol. The Morgan fingerprint density at radius 1 is 1.24 bits per heavy atom. The first-order chi connectivity index (χ1) is 9.93. The van der Waals surface area contributed by atoms with E-state index in [1.165, 1.54) is 24.3 Å². The summed E-state index contributed by atoms with van der Waals surface area (Å²) in [5.74, 6) is -0.628. The zero-order chi connectivity index (χ0) is 15.8. The van der Waals surface area contributed by atoms with Crippen LogP contribution in [0, 0.1) is 11.7 Å². The third kappa shape index (κ3) is 5.94. The molecule has 0 atom stereocenters. The van der Waals surface area contributed by atoms with Crippen LogP contribution in [0.5, 0.6) is 0 Å². The molecule has 0 saturated carbocycles. The first kappa shape index (κ1) is 17.1. The number of hydrogen-bond donors (Lipinski definition) is 0. The van der Waals surface area contributed by atoms with E-state index in [0.717, 1.165) is 0 Å². The fourth-order valence-electron chi connectivity index (χ4n) is 1.95. The Morgan fingerprint density at radius 3 is 2.38 bits per heavy atom. The minimum Gasteiger partial charge on any atom is -0.466 e. The molecule has 0 heterocycles. The maximum Gasteiger partial charge on any atom is 0.307 e. The van der Waals surface area contributed by atoms with E-state index in [9.17, 15) is 14.0 Å². The van der Waals surface area contributed by atoms with Gasteiger partial charge >= 0.3 is 5.97 Å². The predicted molar refractivity (Wildman–Crippen MR) is 78.4 cm³/mol. The summed E-state index contributed by atoms with van der Waals surface area (Å²) in [6.07, 6.45) is 0.160. The van der Waals surface area contributed by atoms with E-state index in [1.807, 2.05) is 13.8 Å². The number of carbonyl (C=O) groups is 2. The number of ether oxygens (including phenoxy) is 1. The molecule has 0 saturated heterocycles. The maximum absolute atomic E-state index is 12.9. The average Bonchev–Trinajstić information content (AvgIpc) is 2.43. The van der Waals surface area contributed by atoms with E-state index in [0.29, 0.717) is 25.3 Å². The van der Waals surface area contributed by atoms with Gasteiger partial charge in [0.05, 0.1) is 13.0 Å². The van der Waals surface area contributed by atoms with Gasteiger partial charge in [0.25, 0.3) is 5.91 Å². The average molecular weight is 295 g/mol. The molecule has 1 aromatic carbocycles. The van der Waals surface area contributed by atoms with Crippen LogP contribution in [0.1, 0.15) is 37.6 Å². The van der Waals surface area contributed by atoms with Crippen LogP contribution in [0.15, 0.2) is 24.3 Å². The van der Waals surface area contributed by atoms with Crippen molar-refractivity contribution < 1.29 is 18.7 Å². The highest BCUT2D eigenvalue weighted by atomic mass is 19.1. The number of carbonyl (C=O) groups excluding carboxylic acids is 2. The molecule has 21 heavy (non-hydrogen) atoms. The van der Waals surface area contributed by atoms with Crippen molar-refractivity contribution in [1.29, 1.82) is 0 Å². The Balaban J connectivity index is 2.74. The molecule has 116 valence electrons. The van der Waals surface area contributed by atoms with Crippen molar-refractivity contribution in [2.24, 2.45) is 5.92 Å². The summed E-state index contributed by atoms with van der Waals surface area (Å²) >= 11 is 0. The zero-order valence-corrected chi connectivity index (χ0v) is 12.8. The number of rotatable bonds is 7. The second-order valence-corrected chi connectivity index (χ2v) is 5.21. The molecule has 0 radical (unpaired) electrons. The Bertz CT molecular complexity index is 471. The van der Waals surface area contributed by atoms with Crippen molar-refractivity contribution in [2.45, 2.75) is 27.2 Å². The molecule has 1 amide bonds. The lowest BCUT2D eigenvalue weighted by Crippen LogP contribution is -2.36. The lowest BCUT2D eigenvalue weighted by Gasteiger charge is -2.24. The SMILES string of the molecule is CCOC(=O)CCN(CC(C)C)C(=O)c1ccc(F)cc1. The number of amides is 1. The van der Waals surface area contributed by atoms with Crippen molar-refractivity contribution in [2.75, 3.05) is 19.7 Å². The number of hydrogen-bond acceptors (Lipinski definition) is 3. The van der Waals surface area contributed by atoms with Gasteiger partial charge in [-0.1, -0.05) is 13.8 Å². The highest BCUT2D eigenvalue weighted by Crippen LogP contribution is 2.10. The van der Waals surface area contributed by atoms with Crippen molar-refractivity contribution in [3.8, 4) is 0 Å². The number of benzene rings is 1. The van der Waals surface area contributed by atoms with Gasteiger partial charge in [-0.3, -0.25) is 9.59 Å². The van der Waals surface area contributed by atoms with E-state index in [4.69, 9.17) is 4.74 Å². The minimum absolute atomic E-state index is 0.160. The van der Waals surface area contributed by atoms with Crippen LogP contribution in [0.2, 0.25) is 0 Å². The van der Waals surface area contributed by atoms with Gasteiger partial charge in [0.1, 0.15) is 5.82 Å². The number of nitrogens with zero attached hydrogens (tertiary/aromatic N) is 1. The normalized spacial score (nSPS) is 10.5. The van der Waals surface area contributed by atoms with Gasteiger partial charge in [-0.05, 0) is 37.1 Å². The highest BCUT2D eigenvalue weighted by Gasteiger charge is 2.18. The molecular weight excluding hydrogens is 273 g/mol. The lowest BCUT2D eigenvalue weighted by molar-refractivity contribution is -0.143. The first-order valence-corrected chi connectivity index (χ1v) is 7.14. The molecule has 0 unspecified atom stereocenters. The maximum atomic E-state index is 12.9. The van der Waals surface area contributed by atoms with E-state index in [1.54, 1.807) is 11.8 Å². The molecule has 0 spiro atoms. The topological polar surface area (TPSA) is 46.6 Å². The number of esters is 1. The van der Waals surface area contributed by atoms with Crippen molar-refractivity contribution in [1.82, 2.24) is 4.90 Å². The summed E-state index contributed by atoms with van der Waals surface area (Å²) in [6.45, 7) is 6.90. The Hall–Kier alpha value is -1.91. The number of halogens is 1. The second-order valence-electron chi connectivity index (χ2n) is 5.21. The third-order valence-electron chi connectivity index (χ3n) is 2.86.